The fourth-order valence-corrected chi connectivity index (χ4v) is 3.06. The van der Waals surface area contributed by atoms with Gasteiger partial charge in [0.25, 0.3) is 0 Å². The van der Waals surface area contributed by atoms with Gasteiger partial charge in [0, 0.05) is 20.8 Å². The van der Waals surface area contributed by atoms with Crippen LogP contribution in [0.25, 0.3) is 0 Å². The SMILES string of the molecule is O=S(=O)([O-])[O-].O=S(=O)([O-])[O-].O=S(=O)([O-])c1cc(S(=O)(=O)[O-])c(O)c(S(=O)(=O)[O-])c1.[Na+].[Na+]. The number of phenols is 1. The van der Waals surface area contributed by atoms with Gasteiger partial charge in [-0.1, -0.05) is 0 Å². The third-order valence-corrected chi connectivity index (χ3v) is 4.35. The second-order valence-corrected chi connectivity index (χ2v) is 9.66. The number of hydrogen-bond acceptors (Lipinski definition) is 18. The summed E-state index contributed by atoms with van der Waals surface area (Å²) in [4.78, 5) is -4.84. The average Bonchev–Trinajstić information content (AvgIpc) is 2.30. The molecule has 0 unspecified atom stereocenters. The first-order valence-corrected chi connectivity index (χ1v) is 12.2. The molecule has 1 aromatic rings. The van der Waals surface area contributed by atoms with Crippen molar-refractivity contribution in [2.75, 3.05) is 0 Å². The summed E-state index contributed by atoms with van der Waals surface area (Å²) < 4.78 is 164. The van der Waals surface area contributed by atoms with E-state index in [1.165, 1.54) is 0 Å². The predicted octanol–water partition coefficient (Wildman–Crippen LogP) is -10.6. The maximum Gasteiger partial charge on any atom is 1.00 e. The molecule has 25 heteroatoms. The third-order valence-electron chi connectivity index (χ3n) is 1.84. The van der Waals surface area contributed by atoms with Gasteiger partial charge in [0.15, 0.2) is 5.75 Å². The van der Waals surface area contributed by atoms with Gasteiger partial charge >= 0.3 is 59.1 Å². The molecule has 1 N–H and O–H groups in total. The molecule has 0 aliphatic heterocycles. The van der Waals surface area contributed by atoms with E-state index >= 15 is 0 Å². The molecule has 0 aliphatic rings. The van der Waals surface area contributed by atoms with E-state index in [1.807, 2.05) is 0 Å². The molecule has 0 fully saturated rings. The topological polar surface area (TPSA) is 352 Å². The fraction of sp³-hybridized carbons (Fsp3) is 0. The Balaban J connectivity index is -0.000000255. The predicted molar refractivity (Wildman–Crippen MR) is 72.9 cm³/mol. The molecule has 0 spiro atoms. The fourth-order valence-electron chi connectivity index (χ4n) is 1.08. The van der Waals surface area contributed by atoms with Gasteiger partial charge in [-0.2, -0.15) is 0 Å². The van der Waals surface area contributed by atoms with Gasteiger partial charge in [-0.15, -0.1) is 0 Å². The summed E-state index contributed by atoms with van der Waals surface area (Å²) in [6.45, 7) is 0. The summed E-state index contributed by atoms with van der Waals surface area (Å²) >= 11 is 0. The Morgan fingerprint density at radius 3 is 0.839 bits per heavy atom. The summed E-state index contributed by atoms with van der Waals surface area (Å²) in [5, 5.41) is 9.20. The first kappa shape index (κ1) is 38.7. The zero-order valence-corrected chi connectivity index (χ0v) is 22.7. The van der Waals surface area contributed by atoms with Gasteiger partial charge in [0.1, 0.15) is 30.4 Å². The minimum atomic E-state index is -5.51. The van der Waals surface area contributed by atoms with E-state index in [0.717, 1.165) is 0 Å². The van der Waals surface area contributed by atoms with Crippen LogP contribution in [0.4, 0.5) is 0 Å². The average molecular weight is 569 g/mol. The van der Waals surface area contributed by atoms with E-state index in [2.05, 4.69) is 0 Å². The minimum absolute atomic E-state index is 0. The molecule has 0 radical (unpaired) electrons. The van der Waals surface area contributed by atoms with Crippen LogP contribution in [-0.2, 0) is 51.2 Å². The van der Waals surface area contributed by atoms with Crippen molar-refractivity contribution in [2.45, 2.75) is 14.7 Å². The van der Waals surface area contributed by atoms with E-state index < -0.39 is 71.6 Å². The van der Waals surface area contributed by atoms with Crippen molar-refractivity contribution in [3.63, 3.8) is 0 Å². The van der Waals surface area contributed by atoms with E-state index in [4.69, 9.17) is 35.0 Å². The summed E-state index contributed by atoms with van der Waals surface area (Å²) in [7, 11) is -26.7. The quantitative estimate of drug-likeness (QED) is 0.200. The molecular formula is C6H3Na2O18S5-5. The molecule has 31 heavy (non-hydrogen) atoms. The largest absolute Gasteiger partial charge is 1.00 e. The first-order valence-electron chi connectivity index (χ1n) is 5.32. The van der Waals surface area contributed by atoms with Crippen molar-refractivity contribution in [1.82, 2.24) is 0 Å². The summed E-state index contributed by atoms with van der Waals surface area (Å²) in [5.74, 6) is -1.74. The third kappa shape index (κ3) is 20.8. The second-order valence-electron chi connectivity index (χ2n) is 3.95. The Hall–Kier alpha value is 0.490. The van der Waals surface area contributed by atoms with Gasteiger partial charge in [-0.25, -0.2) is 25.3 Å². The van der Waals surface area contributed by atoms with Crippen molar-refractivity contribution in [2.24, 2.45) is 0 Å². The molecular weight excluding hydrogens is 566 g/mol. The van der Waals surface area contributed by atoms with Crippen LogP contribution in [0.1, 0.15) is 0 Å². The first-order chi connectivity index (χ1) is 12.2. The molecule has 0 atom stereocenters. The smallest absolute Gasteiger partial charge is 0.759 e. The van der Waals surface area contributed by atoms with Gasteiger partial charge in [-0.3, -0.25) is 16.8 Å². The zero-order valence-electron chi connectivity index (χ0n) is 14.6. The van der Waals surface area contributed by atoms with Gasteiger partial charge < -0.3 is 37.0 Å². The van der Waals surface area contributed by atoms with Crippen molar-refractivity contribution >= 4 is 51.2 Å². The Morgan fingerprint density at radius 1 is 0.516 bits per heavy atom. The number of rotatable bonds is 3. The molecule has 0 aliphatic carbocycles. The van der Waals surface area contributed by atoms with Crippen molar-refractivity contribution in [3.05, 3.63) is 12.1 Å². The van der Waals surface area contributed by atoms with E-state index in [9.17, 15) is 44.0 Å². The van der Waals surface area contributed by atoms with Crippen LogP contribution in [0.2, 0.25) is 0 Å². The molecule has 18 nitrogen and oxygen atoms in total. The van der Waals surface area contributed by atoms with Crippen LogP contribution in [0.15, 0.2) is 26.8 Å². The van der Waals surface area contributed by atoms with Crippen LogP contribution in [0.3, 0.4) is 0 Å². The van der Waals surface area contributed by atoms with Crippen molar-refractivity contribution in [1.29, 1.82) is 0 Å². The minimum Gasteiger partial charge on any atom is -0.759 e. The van der Waals surface area contributed by atoms with E-state index in [0.29, 0.717) is 0 Å². The van der Waals surface area contributed by atoms with Crippen molar-refractivity contribution in [3.8, 4) is 5.75 Å². The molecule has 0 bridgehead atoms. The van der Waals surface area contributed by atoms with Crippen LogP contribution >= 0.6 is 0 Å². The Bertz CT molecular complexity index is 1170. The molecule has 0 saturated carbocycles. The van der Waals surface area contributed by atoms with E-state index in [1.54, 1.807) is 0 Å². The standard InChI is InChI=1S/C6H6O10S3.2Na.2H2O4S/c7-6-4(18(11,12)13)1-3(17(8,9)10)2-5(6)19(14,15)16;;;2*1-5(2,3)4/h1-2,7H,(H,8,9,10)(H,11,12,13)(H,14,15,16);;;2*(H2,1,2,3,4)/q;2*+1;;/p-7. The van der Waals surface area contributed by atoms with Crippen LogP contribution in [-0.4, -0.2) is 79.1 Å². The number of aromatic hydroxyl groups is 1. The van der Waals surface area contributed by atoms with Gasteiger partial charge in [-0.05, 0) is 12.1 Å². The molecule has 0 amide bonds. The Morgan fingerprint density at radius 2 is 0.710 bits per heavy atom. The monoisotopic (exact) mass is 569 g/mol. The maximum absolute atomic E-state index is 10.7. The molecule has 1 aromatic carbocycles. The normalized spacial score (nSPS) is 12.0. The van der Waals surface area contributed by atoms with Crippen LogP contribution in [0.5, 0.6) is 5.75 Å². The molecule has 1 rings (SSSR count). The van der Waals surface area contributed by atoms with Crippen molar-refractivity contribution < 1.29 is 138 Å². The van der Waals surface area contributed by atoms with Crippen LogP contribution in [0, 0.1) is 0 Å². The number of phenolic OH excluding ortho intramolecular Hbond substituents is 1. The second kappa shape index (κ2) is 13.4. The van der Waals surface area contributed by atoms with Crippen LogP contribution < -0.4 is 59.1 Å². The molecule has 0 aromatic heterocycles. The number of benzene rings is 1. The summed E-state index contributed by atoms with van der Waals surface area (Å²) in [5.41, 5.74) is 0. The van der Waals surface area contributed by atoms with E-state index in [-0.39, 0.29) is 71.2 Å². The summed E-state index contributed by atoms with van der Waals surface area (Å²) in [6.07, 6.45) is 0. The van der Waals surface area contributed by atoms with Gasteiger partial charge in [0.05, 0.1) is 14.7 Å². The summed E-state index contributed by atoms with van der Waals surface area (Å²) in [6, 6.07) is -0.0661. The molecule has 0 heterocycles. The van der Waals surface area contributed by atoms with Gasteiger partial charge in [0.2, 0.25) is 0 Å². The molecule has 0 saturated heterocycles. The number of hydrogen-bond donors (Lipinski definition) is 1. The Labute approximate surface area is 219 Å². The molecule has 172 valence electrons. The maximum atomic E-state index is 10.7. The Kier molecular flexibility index (Phi) is 16.7. The zero-order chi connectivity index (χ0) is 24.2.